The zero-order valence-electron chi connectivity index (χ0n) is 11.9. The average Bonchev–Trinajstić information content (AvgIpc) is 2.45. The monoisotopic (exact) mass is 289 g/mol. The number of thioether (sulfide) groups is 1. The van der Waals surface area contributed by atoms with E-state index in [1.54, 1.807) is 17.8 Å². The second kappa shape index (κ2) is 7.46. The quantitative estimate of drug-likeness (QED) is 0.784. The maximum Gasteiger partial charge on any atom is 0.128 e. The van der Waals surface area contributed by atoms with E-state index in [0.29, 0.717) is 6.54 Å². The SMILES string of the molecule is CCNCc1c(F)cccc1SCc1ccccc1C. The minimum atomic E-state index is -0.124. The summed E-state index contributed by atoms with van der Waals surface area (Å²) in [6.07, 6.45) is 0. The van der Waals surface area contributed by atoms with Gasteiger partial charge in [-0.15, -0.1) is 11.8 Å². The number of hydrogen-bond acceptors (Lipinski definition) is 2. The molecule has 0 amide bonds. The molecule has 1 nitrogen and oxygen atoms in total. The molecule has 0 unspecified atom stereocenters. The number of benzene rings is 2. The van der Waals surface area contributed by atoms with Crippen molar-refractivity contribution >= 4 is 11.8 Å². The van der Waals surface area contributed by atoms with Crippen LogP contribution in [0.3, 0.4) is 0 Å². The van der Waals surface area contributed by atoms with Crippen molar-refractivity contribution in [3.63, 3.8) is 0 Å². The van der Waals surface area contributed by atoms with Gasteiger partial charge in [-0.1, -0.05) is 37.3 Å². The Bertz CT molecular complexity index is 569. The van der Waals surface area contributed by atoms with Crippen molar-refractivity contribution in [1.82, 2.24) is 5.32 Å². The van der Waals surface area contributed by atoms with Gasteiger partial charge in [0.25, 0.3) is 0 Å². The van der Waals surface area contributed by atoms with Gasteiger partial charge in [0.15, 0.2) is 0 Å². The average molecular weight is 289 g/mol. The third-order valence-corrected chi connectivity index (χ3v) is 4.42. The van der Waals surface area contributed by atoms with Gasteiger partial charge in [-0.05, 0) is 36.7 Å². The molecule has 1 N–H and O–H groups in total. The Balaban J connectivity index is 2.13. The molecule has 0 saturated heterocycles. The van der Waals surface area contributed by atoms with E-state index in [9.17, 15) is 4.39 Å². The Morgan fingerprint density at radius 3 is 2.65 bits per heavy atom. The van der Waals surface area contributed by atoms with E-state index in [-0.39, 0.29) is 5.82 Å². The number of rotatable bonds is 6. The molecule has 0 atom stereocenters. The van der Waals surface area contributed by atoms with Gasteiger partial charge in [0.1, 0.15) is 5.82 Å². The van der Waals surface area contributed by atoms with Crippen LogP contribution in [0.1, 0.15) is 23.6 Å². The lowest BCUT2D eigenvalue weighted by atomic mass is 10.1. The summed E-state index contributed by atoms with van der Waals surface area (Å²) < 4.78 is 13.9. The molecule has 0 aliphatic rings. The van der Waals surface area contributed by atoms with E-state index in [1.807, 2.05) is 25.1 Å². The van der Waals surface area contributed by atoms with Crippen LogP contribution in [0.25, 0.3) is 0 Å². The fourth-order valence-electron chi connectivity index (χ4n) is 2.02. The molecule has 0 aliphatic heterocycles. The van der Waals surface area contributed by atoms with Gasteiger partial charge in [-0.25, -0.2) is 4.39 Å². The summed E-state index contributed by atoms with van der Waals surface area (Å²) >= 11 is 1.70. The van der Waals surface area contributed by atoms with Crippen molar-refractivity contribution in [3.05, 3.63) is 65.0 Å². The van der Waals surface area contributed by atoms with Gasteiger partial charge in [-0.3, -0.25) is 0 Å². The largest absolute Gasteiger partial charge is 0.313 e. The molecule has 0 bridgehead atoms. The van der Waals surface area contributed by atoms with Crippen LogP contribution in [0.15, 0.2) is 47.4 Å². The first-order valence-electron chi connectivity index (χ1n) is 6.87. The van der Waals surface area contributed by atoms with Crippen LogP contribution in [-0.2, 0) is 12.3 Å². The van der Waals surface area contributed by atoms with Gasteiger partial charge in [0.2, 0.25) is 0 Å². The molecule has 2 aromatic carbocycles. The predicted molar refractivity (Wildman–Crippen MR) is 84.5 cm³/mol. The standard InChI is InChI=1S/C17H20FNS/c1-3-19-11-15-16(18)9-6-10-17(15)20-12-14-8-5-4-7-13(14)2/h4-10,19H,3,11-12H2,1-2H3. The number of aryl methyl sites for hydroxylation is 1. The second-order valence-electron chi connectivity index (χ2n) is 4.71. The summed E-state index contributed by atoms with van der Waals surface area (Å²) in [5.74, 6) is 0.746. The van der Waals surface area contributed by atoms with Crippen LogP contribution < -0.4 is 5.32 Å². The van der Waals surface area contributed by atoms with Crippen molar-refractivity contribution in [2.45, 2.75) is 31.0 Å². The normalized spacial score (nSPS) is 10.8. The van der Waals surface area contributed by atoms with Crippen molar-refractivity contribution in [3.8, 4) is 0 Å². The molecular weight excluding hydrogens is 269 g/mol. The van der Waals surface area contributed by atoms with Crippen molar-refractivity contribution < 1.29 is 4.39 Å². The molecule has 106 valence electrons. The molecule has 0 radical (unpaired) electrons. The van der Waals surface area contributed by atoms with Gasteiger partial charge >= 0.3 is 0 Å². The maximum atomic E-state index is 13.9. The summed E-state index contributed by atoms with van der Waals surface area (Å²) in [4.78, 5) is 1.02. The lowest BCUT2D eigenvalue weighted by molar-refractivity contribution is 0.586. The molecular formula is C17H20FNS. The summed E-state index contributed by atoms with van der Waals surface area (Å²) in [6.45, 7) is 5.57. The van der Waals surface area contributed by atoms with Crippen molar-refractivity contribution in [1.29, 1.82) is 0 Å². The molecule has 3 heteroatoms. The zero-order chi connectivity index (χ0) is 14.4. The third kappa shape index (κ3) is 3.84. The fraction of sp³-hybridized carbons (Fsp3) is 0.294. The summed E-state index contributed by atoms with van der Waals surface area (Å²) in [5, 5.41) is 3.20. The Morgan fingerprint density at radius 2 is 1.90 bits per heavy atom. The molecule has 2 aromatic rings. The van der Waals surface area contributed by atoms with Crippen molar-refractivity contribution in [2.24, 2.45) is 0 Å². The van der Waals surface area contributed by atoms with E-state index < -0.39 is 0 Å². The fourth-order valence-corrected chi connectivity index (χ4v) is 3.18. The smallest absolute Gasteiger partial charge is 0.128 e. The topological polar surface area (TPSA) is 12.0 Å². The predicted octanol–water partition coefficient (Wildman–Crippen LogP) is 4.54. The molecule has 0 aliphatic carbocycles. The molecule has 0 spiro atoms. The minimum Gasteiger partial charge on any atom is -0.313 e. The first-order chi connectivity index (χ1) is 9.72. The maximum absolute atomic E-state index is 13.9. The van der Waals surface area contributed by atoms with Gasteiger partial charge < -0.3 is 5.32 Å². The van der Waals surface area contributed by atoms with Crippen LogP contribution in [0.4, 0.5) is 4.39 Å². The van der Waals surface area contributed by atoms with Crippen molar-refractivity contribution in [2.75, 3.05) is 6.54 Å². The molecule has 2 rings (SSSR count). The molecule has 20 heavy (non-hydrogen) atoms. The summed E-state index contributed by atoms with van der Waals surface area (Å²) in [5.41, 5.74) is 3.36. The number of hydrogen-bond donors (Lipinski definition) is 1. The molecule has 0 aromatic heterocycles. The van der Waals surface area contributed by atoms with E-state index in [0.717, 1.165) is 22.8 Å². The number of nitrogens with one attached hydrogen (secondary N) is 1. The van der Waals surface area contributed by atoms with E-state index >= 15 is 0 Å². The highest BCUT2D eigenvalue weighted by Crippen LogP contribution is 2.28. The Morgan fingerprint density at radius 1 is 1.10 bits per heavy atom. The van der Waals surface area contributed by atoms with Gasteiger partial charge in [0, 0.05) is 22.8 Å². The third-order valence-electron chi connectivity index (χ3n) is 3.27. The first-order valence-corrected chi connectivity index (χ1v) is 7.86. The zero-order valence-corrected chi connectivity index (χ0v) is 12.8. The molecule has 0 saturated carbocycles. The lowest BCUT2D eigenvalue weighted by Crippen LogP contribution is -2.13. The summed E-state index contributed by atoms with van der Waals surface area (Å²) in [6, 6.07) is 13.6. The Kier molecular flexibility index (Phi) is 5.62. The van der Waals surface area contributed by atoms with Crippen LogP contribution in [0.2, 0.25) is 0 Å². The summed E-state index contributed by atoms with van der Waals surface area (Å²) in [7, 11) is 0. The highest BCUT2D eigenvalue weighted by Gasteiger charge is 2.09. The van der Waals surface area contributed by atoms with Gasteiger partial charge in [-0.2, -0.15) is 0 Å². The molecule has 0 fully saturated rings. The Labute approximate surface area is 124 Å². The van der Waals surface area contributed by atoms with Crippen LogP contribution >= 0.6 is 11.8 Å². The van der Waals surface area contributed by atoms with Gasteiger partial charge in [0.05, 0.1) is 0 Å². The van der Waals surface area contributed by atoms with Crippen LogP contribution in [0, 0.1) is 12.7 Å². The van der Waals surface area contributed by atoms with E-state index in [4.69, 9.17) is 0 Å². The van der Waals surface area contributed by atoms with E-state index in [1.165, 1.54) is 17.2 Å². The Hall–Kier alpha value is -1.32. The number of halogens is 1. The second-order valence-corrected chi connectivity index (χ2v) is 5.73. The highest BCUT2D eigenvalue weighted by atomic mass is 32.2. The minimum absolute atomic E-state index is 0.124. The molecule has 0 heterocycles. The van der Waals surface area contributed by atoms with Crippen LogP contribution in [0.5, 0.6) is 0 Å². The first kappa shape index (κ1) is 15.1. The highest BCUT2D eigenvalue weighted by molar-refractivity contribution is 7.98. The van der Waals surface area contributed by atoms with Crippen LogP contribution in [-0.4, -0.2) is 6.54 Å². The van der Waals surface area contributed by atoms with E-state index in [2.05, 4.69) is 24.4 Å². The lowest BCUT2D eigenvalue weighted by Gasteiger charge is -2.11.